The Balaban J connectivity index is 2.36. The first kappa shape index (κ1) is 24.2. The number of nitro benzene ring substituents is 1. The van der Waals surface area contributed by atoms with Gasteiger partial charge < -0.3 is 4.79 Å². The molecular weight excluding hydrogens is 473 g/mol. The first-order chi connectivity index (χ1) is 15.6. The summed E-state index contributed by atoms with van der Waals surface area (Å²) in [6.45, 7) is 0. The van der Waals surface area contributed by atoms with Gasteiger partial charge in [-0.1, -0.05) is 48.5 Å². The Labute approximate surface area is 189 Å². The van der Waals surface area contributed by atoms with E-state index in [-0.39, 0.29) is 17.5 Å². The van der Waals surface area contributed by atoms with Crippen LogP contribution >= 0.6 is 0 Å². The third-order valence-corrected chi connectivity index (χ3v) is 10.2. The van der Waals surface area contributed by atoms with Gasteiger partial charge in [0.15, 0.2) is 0 Å². The van der Waals surface area contributed by atoms with Crippen molar-refractivity contribution >= 4 is 31.6 Å². The predicted octanol–water partition coefficient (Wildman–Crippen LogP) is 3.84. The molecule has 0 saturated carbocycles. The second-order valence-corrected chi connectivity index (χ2v) is 11.4. The summed E-state index contributed by atoms with van der Waals surface area (Å²) >= 11 is 0. The molecular formula is C22H18FNO7S2. The first-order valence-electron chi connectivity index (χ1n) is 9.53. The number of carbonyl (C=O) groups excluding carboxylic acids is 1. The van der Waals surface area contributed by atoms with Gasteiger partial charge in [0.1, 0.15) is 6.29 Å². The summed E-state index contributed by atoms with van der Waals surface area (Å²) in [5.41, 5.74) is -0.570. The largest absolute Gasteiger partial charge is 0.324 e. The van der Waals surface area contributed by atoms with Crippen molar-refractivity contribution in [3.63, 3.8) is 0 Å². The average Bonchev–Trinajstić information content (AvgIpc) is 2.83. The zero-order valence-electron chi connectivity index (χ0n) is 16.9. The summed E-state index contributed by atoms with van der Waals surface area (Å²) in [4.78, 5) is 20.5. The van der Waals surface area contributed by atoms with Crippen LogP contribution in [0.25, 0.3) is 0 Å². The van der Waals surface area contributed by atoms with Crippen molar-refractivity contribution < 1.29 is 30.9 Å². The van der Waals surface area contributed by atoms with E-state index in [0.717, 1.165) is 48.5 Å². The lowest BCUT2D eigenvalue weighted by atomic mass is 9.97. The van der Waals surface area contributed by atoms with Crippen molar-refractivity contribution in [2.45, 2.75) is 26.5 Å². The maximum Gasteiger partial charge on any atom is 0.324 e. The van der Waals surface area contributed by atoms with Crippen molar-refractivity contribution in [2.75, 3.05) is 0 Å². The van der Waals surface area contributed by atoms with Crippen LogP contribution in [0, 0.1) is 10.1 Å². The van der Waals surface area contributed by atoms with Crippen LogP contribution in [0.2, 0.25) is 0 Å². The highest BCUT2D eigenvalue weighted by molar-refractivity contribution is 8.10. The van der Waals surface area contributed by atoms with Gasteiger partial charge >= 0.3 is 4.33 Å². The van der Waals surface area contributed by atoms with Gasteiger partial charge in [-0.2, -0.15) is 0 Å². The molecule has 0 aliphatic heterocycles. The van der Waals surface area contributed by atoms with Gasteiger partial charge in [0.05, 0.1) is 20.6 Å². The second kappa shape index (κ2) is 9.20. The third-order valence-electron chi connectivity index (χ3n) is 5.09. The Morgan fingerprint density at radius 3 is 1.61 bits per heavy atom. The van der Waals surface area contributed by atoms with E-state index in [1.165, 1.54) is 36.4 Å². The molecule has 0 unspecified atom stereocenters. The number of nitrogens with zero attached hydrogens (tertiary/aromatic N) is 1. The van der Waals surface area contributed by atoms with E-state index in [4.69, 9.17) is 0 Å². The van der Waals surface area contributed by atoms with Gasteiger partial charge in [0.2, 0.25) is 19.7 Å². The van der Waals surface area contributed by atoms with Gasteiger partial charge in [0.25, 0.3) is 5.69 Å². The number of hydrogen-bond acceptors (Lipinski definition) is 7. The molecule has 0 bridgehead atoms. The van der Waals surface area contributed by atoms with Crippen LogP contribution in [0.15, 0.2) is 94.7 Å². The molecule has 0 heterocycles. The highest BCUT2D eigenvalue weighted by Crippen LogP contribution is 2.48. The molecule has 0 radical (unpaired) electrons. The number of aldehydes is 1. The number of benzene rings is 3. The molecule has 0 saturated heterocycles. The monoisotopic (exact) mass is 491 g/mol. The molecule has 172 valence electrons. The van der Waals surface area contributed by atoms with Crippen molar-refractivity contribution in [3.8, 4) is 0 Å². The van der Waals surface area contributed by atoms with Gasteiger partial charge in [0, 0.05) is 18.6 Å². The van der Waals surface area contributed by atoms with Gasteiger partial charge in [-0.15, -0.1) is 0 Å². The van der Waals surface area contributed by atoms with Gasteiger partial charge in [-0.05, 0) is 29.8 Å². The van der Waals surface area contributed by atoms with Crippen LogP contribution in [0.5, 0.6) is 0 Å². The lowest BCUT2D eigenvalue weighted by molar-refractivity contribution is -0.384. The summed E-state index contributed by atoms with van der Waals surface area (Å²) in [7, 11) is -10.5. The molecule has 33 heavy (non-hydrogen) atoms. The number of sulfone groups is 2. The molecule has 11 heteroatoms. The fraction of sp³-hybridized carbons (Fsp3) is 0.136. The Kier molecular flexibility index (Phi) is 6.75. The number of hydrogen-bond donors (Lipinski definition) is 0. The molecule has 3 aromatic rings. The van der Waals surface area contributed by atoms with Crippen LogP contribution in [0.1, 0.15) is 17.9 Å². The zero-order chi connectivity index (χ0) is 24.3. The minimum Gasteiger partial charge on any atom is -0.303 e. The van der Waals surface area contributed by atoms with Crippen molar-refractivity contribution in [1.29, 1.82) is 0 Å². The molecule has 0 amide bonds. The lowest BCUT2D eigenvalue weighted by Crippen LogP contribution is -2.47. The topological polar surface area (TPSA) is 128 Å². The standard InChI is InChI=1S/C22H18FNO7S2/c23-22(32(28,29)19-7-3-1-4-8-19,33(30,31)20-9-5-2-6-10-20)21(15-16-25)17-11-13-18(14-12-17)24(26)27/h1-14,16,21H,15H2/t21-/m0/s1. The molecule has 0 aliphatic rings. The Bertz CT molecular complexity index is 1290. The SMILES string of the molecule is O=CC[C@@H](c1ccc([N+](=O)[O-])cc1)C(F)(S(=O)(=O)c1ccccc1)S(=O)(=O)c1ccccc1. The van der Waals surface area contributed by atoms with E-state index in [1.54, 1.807) is 0 Å². The normalized spacial score (nSPS) is 13.2. The molecule has 0 aliphatic carbocycles. The van der Waals surface area contributed by atoms with Crippen molar-refractivity contribution in [2.24, 2.45) is 0 Å². The van der Waals surface area contributed by atoms with E-state index in [0.29, 0.717) is 0 Å². The molecule has 0 spiro atoms. The molecule has 1 atom stereocenters. The maximum atomic E-state index is 17.0. The number of non-ortho nitro benzene ring substituents is 1. The van der Waals surface area contributed by atoms with Crippen LogP contribution < -0.4 is 0 Å². The smallest absolute Gasteiger partial charge is 0.303 e. The first-order valence-corrected chi connectivity index (χ1v) is 12.5. The fourth-order valence-electron chi connectivity index (χ4n) is 3.44. The Morgan fingerprint density at radius 1 is 0.818 bits per heavy atom. The van der Waals surface area contributed by atoms with E-state index >= 15 is 4.39 Å². The second-order valence-electron chi connectivity index (χ2n) is 7.02. The molecule has 0 N–H and O–H groups in total. The van der Waals surface area contributed by atoms with E-state index in [1.807, 2.05) is 0 Å². The third kappa shape index (κ3) is 4.16. The fourth-order valence-corrected chi connectivity index (χ4v) is 8.06. The average molecular weight is 492 g/mol. The van der Waals surface area contributed by atoms with Gasteiger partial charge in [-0.25, -0.2) is 21.2 Å². The number of nitro groups is 1. The predicted molar refractivity (Wildman–Crippen MR) is 118 cm³/mol. The summed E-state index contributed by atoms with van der Waals surface area (Å²) in [5, 5.41) is 11.0. The Hall–Kier alpha value is -3.44. The minimum atomic E-state index is -5.25. The number of alkyl halides is 1. The van der Waals surface area contributed by atoms with Crippen LogP contribution in [-0.4, -0.2) is 32.4 Å². The summed E-state index contributed by atoms with van der Waals surface area (Å²) < 4.78 is 67.3. The molecule has 8 nitrogen and oxygen atoms in total. The zero-order valence-corrected chi connectivity index (χ0v) is 18.6. The summed E-state index contributed by atoms with van der Waals surface area (Å²) in [6, 6.07) is 16.5. The van der Waals surface area contributed by atoms with Crippen molar-refractivity contribution in [1.82, 2.24) is 0 Å². The van der Waals surface area contributed by atoms with Crippen molar-refractivity contribution in [3.05, 3.63) is 101 Å². The molecule has 0 aromatic heterocycles. The van der Waals surface area contributed by atoms with Crippen LogP contribution in [0.4, 0.5) is 10.1 Å². The van der Waals surface area contributed by atoms with Gasteiger partial charge in [-0.3, -0.25) is 10.1 Å². The molecule has 3 aromatic carbocycles. The summed E-state index contributed by atoms with van der Waals surface area (Å²) in [5.74, 6) is -2.01. The highest BCUT2D eigenvalue weighted by Gasteiger charge is 2.62. The highest BCUT2D eigenvalue weighted by atomic mass is 32.3. The number of carbonyl (C=O) groups is 1. The number of halogens is 1. The summed E-state index contributed by atoms with van der Waals surface area (Å²) in [6.07, 6.45) is -0.603. The quantitative estimate of drug-likeness (QED) is 0.253. The van der Waals surface area contributed by atoms with E-state index in [2.05, 4.69) is 0 Å². The van der Waals surface area contributed by atoms with Crippen LogP contribution in [0.3, 0.4) is 0 Å². The minimum absolute atomic E-state index is 0.200. The maximum absolute atomic E-state index is 17.0. The molecule has 3 rings (SSSR count). The van der Waals surface area contributed by atoms with Crippen LogP contribution in [-0.2, 0) is 24.5 Å². The Morgan fingerprint density at radius 2 is 1.24 bits per heavy atom. The van der Waals surface area contributed by atoms with E-state index in [9.17, 15) is 31.7 Å². The molecule has 0 fully saturated rings. The number of rotatable bonds is 9. The van der Waals surface area contributed by atoms with E-state index < -0.39 is 51.1 Å². The lowest BCUT2D eigenvalue weighted by Gasteiger charge is -2.32.